The topological polar surface area (TPSA) is 75.5 Å². The summed E-state index contributed by atoms with van der Waals surface area (Å²) in [6.07, 6.45) is 9.35. The van der Waals surface area contributed by atoms with Gasteiger partial charge in [0.25, 0.3) is 0 Å². The number of nitrogens with one attached hydrogen (secondary N) is 1. The quantitative estimate of drug-likeness (QED) is 0.851. The Morgan fingerprint density at radius 1 is 1.31 bits per heavy atom. The van der Waals surface area contributed by atoms with Gasteiger partial charge in [0.1, 0.15) is 12.1 Å². The molecule has 2 aromatic heterocycles. The first kappa shape index (κ1) is 18.6. The average Bonchev–Trinajstić information content (AvgIpc) is 3.48. The summed E-state index contributed by atoms with van der Waals surface area (Å²) in [5.41, 5.74) is 1.17. The molecule has 3 saturated heterocycles. The Labute approximate surface area is 170 Å². The zero-order valence-electron chi connectivity index (χ0n) is 16.8. The number of pyridine rings is 1. The predicted molar refractivity (Wildman–Crippen MR) is 108 cm³/mol. The van der Waals surface area contributed by atoms with Crippen LogP contribution in [0.25, 0.3) is 5.82 Å². The van der Waals surface area contributed by atoms with Crippen molar-refractivity contribution in [3.05, 3.63) is 42.6 Å². The molecule has 2 atom stereocenters. The van der Waals surface area contributed by atoms with Crippen molar-refractivity contribution in [2.24, 2.45) is 11.3 Å². The number of amides is 2. The molecular formula is C21H28N6O2. The second-order valence-electron chi connectivity index (χ2n) is 8.62. The second-order valence-corrected chi connectivity index (χ2v) is 8.62. The predicted octanol–water partition coefficient (Wildman–Crippen LogP) is 1.52. The van der Waals surface area contributed by atoms with Gasteiger partial charge in [0.05, 0.1) is 19.3 Å². The molecule has 2 amide bonds. The Hall–Kier alpha value is -2.45. The molecule has 0 saturated carbocycles. The van der Waals surface area contributed by atoms with E-state index in [1.807, 2.05) is 27.8 Å². The van der Waals surface area contributed by atoms with Crippen molar-refractivity contribution in [3.63, 3.8) is 0 Å². The molecule has 0 radical (unpaired) electrons. The summed E-state index contributed by atoms with van der Waals surface area (Å²) in [7, 11) is 2.18. The number of piperidine rings is 1. The molecule has 5 heterocycles. The monoisotopic (exact) mass is 396 g/mol. The molecule has 0 aliphatic carbocycles. The molecule has 154 valence electrons. The van der Waals surface area contributed by atoms with Crippen LogP contribution in [0.15, 0.2) is 37.1 Å². The molecule has 1 N–H and O–H groups in total. The maximum atomic E-state index is 13.2. The minimum absolute atomic E-state index is 0.00161. The highest BCUT2D eigenvalue weighted by molar-refractivity contribution is 5.75. The Morgan fingerprint density at radius 3 is 2.97 bits per heavy atom. The molecule has 29 heavy (non-hydrogen) atoms. The molecule has 2 aromatic rings. The highest BCUT2D eigenvalue weighted by Crippen LogP contribution is 2.49. The number of hydrogen-bond acceptors (Lipinski definition) is 5. The van der Waals surface area contributed by atoms with Crippen molar-refractivity contribution in [1.82, 2.24) is 29.7 Å². The zero-order valence-corrected chi connectivity index (χ0v) is 16.8. The zero-order chi connectivity index (χ0) is 19.8. The third-order valence-electron chi connectivity index (χ3n) is 7.01. The summed E-state index contributed by atoms with van der Waals surface area (Å²) < 4.78 is 7.69. The van der Waals surface area contributed by atoms with Gasteiger partial charge < -0.3 is 19.9 Å². The van der Waals surface area contributed by atoms with Crippen molar-refractivity contribution in [1.29, 1.82) is 0 Å². The normalized spacial score (nSPS) is 26.0. The molecule has 1 spiro atoms. The number of hydrogen-bond donors (Lipinski definition) is 1. The van der Waals surface area contributed by atoms with E-state index in [1.54, 1.807) is 18.7 Å². The molecule has 5 rings (SSSR count). The number of carbonyl (C=O) groups is 1. The van der Waals surface area contributed by atoms with Crippen LogP contribution in [-0.4, -0.2) is 76.3 Å². The minimum atomic E-state index is 0.00161. The number of aromatic nitrogens is 3. The fraction of sp³-hybridized carbons (Fsp3) is 0.571. The average molecular weight is 396 g/mol. The molecular weight excluding hydrogens is 368 g/mol. The largest absolute Gasteiger partial charge is 0.379 e. The minimum Gasteiger partial charge on any atom is -0.379 e. The fourth-order valence-corrected chi connectivity index (χ4v) is 5.28. The van der Waals surface area contributed by atoms with Crippen LogP contribution in [0.1, 0.15) is 18.4 Å². The van der Waals surface area contributed by atoms with Crippen molar-refractivity contribution >= 4 is 6.03 Å². The smallest absolute Gasteiger partial charge is 0.318 e. The van der Waals surface area contributed by atoms with Gasteiger partial charge in [-0.2, -0.15) is 0 Å². The van der Waals surface area contributed by atoms with Crippen LogP contribution in [0.2, 0.25) is 0 Å². The van der Waals surface area contributed by atoms with Gasteiger partial charge in [0.2, 0.25) is 0 Å². The van der Waals surface area contributed by atoms with Crippen LogP contribution < -0.4 is 5.32 Å². The highest BCUT2D eigenvalue weighted by atomic mass is 16.5. The Morgan fingerprint density at radius 2 is 2.17 bits per heavy atom. The molecule has 8 heteroatoms. The van der Waals surface area contributed by atoms with Crippen LogP contribution in [0, 0.1) is 11.3 Å². The van der Waals surface area contributed by atoms with Crippen molar-refractivity contribution < 1.29 is 9.53 Å². The van der Waals surface area contributed by atoms with E-state index in [9.17, 15) is 4.79 Å². The van der Waals surface area contributed by atoms with Gasteiger partial charge in [-0.3, -0.25) is 4.57 Å². The van der Waals surface area contributed by atoms with Crippen LogP contribution in [-0.2, 0) is 11.3 Å². The maximum absolute atomic E-state index is 13.2. The molecule has 8 nitrogen and oxygen atoms in total. The number of imidazole rings is 1. The molecule has 3 fully saturated rings. The van der Waals surface area contributed by atoms with Crippen LogP contribution in [0.3, 0.4) is 0 Å². The number of carbonyl (C=O) groups excluding carboxylic acids is 1. The molecule has 3 aliphatic heterocycles. The lowest BCUT2D eigenvalue weighted by molar-refractivity contribution is 0.0617. The summed E-state index contributed by atoms with van der Waals surface area (Å²) in [6.45, 7) is 4.91. The first-order valence-corrected chi connectivity index (χ1v) is 10.4. The van der Waals surface area contributed by atoms with E-state index in [-0.39, 0.29) is 17.5 Å². The van der Waals surface area contributed by atoms with E-state index >= 15 is 0 Å². The summed E-state index contributed by atoms with van der Waals surface area (Å²) in [5, 5.41) is 3.13. The Bertz CT molecular complexity index is 862. The first-order chi connectivity index (χ1) is 14.2. The maximum Gasteiger partial charge on any atom is 0.318 e. The third-order valence-corrected chi connectivity index (χ3v) is 7.01. The molecule has 0 bridgehead atoms. The van der Waals surface area contributed by atoms with Crippen molar-refractivity contribution in [2.45, 2.75) is 25.4 Å². The molecule has 0 aromatic carbocycles. The SMILES string of the molecule is CN1CCC2(CC1)CN(C(=O)NCc1cccnc1-n1ccnc1)[C@@H]1COC[C@@H]12. The van der Waals surface area contributed by atoms with Crippen LogP contribution in [0.4, 0.5) is 4.79 Å². The molecule has 3 aliphatic rings. The summed E-state index contributed by atoms with van der Waals surface area (Å²) in [5.74, 6) is 1.25. The summed E-state index contributed by atoms with van der Waals surface area (Å²) in [6, 6.07) is 4.08. The Kier molecular flexibility index (Phi) is 4.75. The van der Waals surface area contributed by atoms with Crippen LogP contribution in [0.5, 0.6) is 0 Å². The van der Waals surface area contributed by atoms with Gasteiger partial charge in [-0.25, -0.2) is 14.8 Å². The van der Waals surface area contributed by atoms with E-state index in [1.165, 1.54) is 0 Å². The van der Waals surface area contributed by atoms with Gasteiger partial charge >= 0.3 is 6.03 Å². The summed E-state index contributed by atoms with van der Waals surface area (Å²) in [4.78, 5) is 26.1. The van der Waals surface area contributed by atoms with E-state index in [4.69, 9.17) is 4.74 Å². The fourth-order valence-electron chi connectivity index (χ4n) is 5.28. The standard InChI is InChI=1S/C21H28N6O2/c1-25-8-4-21(5-9-25)14-27(18-13-29-12-17(18)21)20(28)24-11-16-3-2-6-23-19(16)26-10-7-22-15-26/h2-3,6-7,10,15,17-18H,4-5,8-9,11-14H2,1H3,(H,24,28)/t17-,18+/m0/s1. The van der Waals surface area contributed by atoms with E-state index in [0.717, 1.165) is 50.5 Å². The van der Waals surface area contributed by atoms with Crippen molar-refractivity contribution in [2.75, 3.05) is 39.9 Å². The number of ether oxygens (including phenoxy) is 1. The lowest BCUT2D eigenvalue weighted by Gasteiger charge is -2.40. The highest BCUT2D eigenvalue weighted by Gasteiger charge is 2.56. The van der Waals surface area contributed by atoms with E-state index in [0.29, 0.717) is 19.1 Å². The lowest BCUT2D eigenvalue weighted by atomic mass is 9.70. The van der Waals surface area contributed by atoms with Gasteiger partial charge in [-0.05, 0) is 44.5 Å². The third kappa shape index (κ3) is 3.30. The number of urea groups is 1. The van der Waals surface area contributed by atoms with E-state index in [2.05, 4.69) is 27.2 Å². The number of nitrogens with zero attached hydrogens (tertiary/aromatic N) is 5. The van der Waals surface area contributed by atoms with Gasteiger partial charge in [0, 0.05) is 43.2 Å². The van der Waals surface area contributed by atoms with Crippen molar-refractivity contribution in [3.8, 4) is 5.82 Å². The second kappa shape index (κ2) is 7.42. The number of fused-ring (bicyclic) bond motifs is 2. The van der Waals surface area contributed by atoms with E-state index < -0.39 is 0 Å². The number of likely N-dealkylation sites (tertiary alicyclic amines) is 2. The van der Waals surface area contributed by atoms with Gasteiger partial charge in [-0.1, -0.05) is 6.07 Å². The first-order valence-electron chi connectivity index (χ1n) is 10.4. The lowest BCUT2D eigenvalue weighted by Crippen LogP contribution is -2.45. The Balaban J connectivity index is 1.30. The number of rotatable bonds is 3. The molecule has 0 unspecified atom stereocenters. The summed E-state index contributed by atoms with van der Waals surface area (Å²) >= 11 is 0. The van der Waals surface area contributed by atoms with Crippen LogP contribution >= 0.6 is 0 Å². The van der Waals surface area contributed by atoms with Gasteiger partial charge in [-0.15, -0.1) is 0 Å². The van der Waals surface area contributed by atoms with Gasteiger partial charge in [0.15, 0.2) is 0 Å².